The molecule has 218 valence electrons. The third-order valence-electron chi connectivity index (χ3n) is 7.42. The van der Waals surface area contributed by atoms with Crippen LogP contribution in [-0.2, 0) is 26.7 Å². The van der Waals surface area contributed by atoms with Crippen molar-refractivity contribution < 1.29 is 5.11 Å². The molecule has 0 fully saturated rings. The summed E-state index contributed by atoms with van der Waals surface area (Å²) in [5, 5.41) is 12.5. The highest BCUT2D eigenvalue weighted by molar-refractivity contribution is 5.79. The molecule has 0 saturated carbocycles. The van der Waals surface area contributed by atoms with Crippen molar-refractivity contribution in [1.29, 1.82) is 0 Å². The molecule has 0 bridgehead atoms. The number of aliphatic imine (C=N–C) groups is 3. The summed E-state index contributed by atoms with van der Waals surface area (Å²) in [6, 6.07) is 22.7. The van der Waals surface area contributed by atoms with Gasteiger partial charge in [0.1, 0.15) is 5.60 Å². The van der Waals surface area contributed by atoms with Crippen LogP contribution in [0.3, 0.4) is 0 Å². The third kappa shape index (κ3) is 5.92. The minimum absolute atomic E-state index is 0.696. The lowest BCUT2D eigenvalue weighted by Crippen LogP contribution is -2.28. The number of aromatic nitrogens is 6. The molecular weight excluding hydrogens is 550 g/mol. The molecule has 0 saturated heterocycles. The minimum Gasteiger partial charge on any atom is -0.376 e. The number of rotatable bonds is 9. The summed E-state index contributed by atoms with van der Waals surface area (Å²) in [5.74, 6) is 2.26. The van der Waals surface area contributed by atoms with Crippen LogP contribution < -0.4 is 0 Å². The van der Waals surface area contributed by atoms with Crippen molar-refractivity contribution in [3.05, 3.63) is 144 Å². The highest BCUT2D eigenvalue weighted by Crippen LogP contribution is 2.38. The van der Waals surface area contributed by atoms with Crippen molar-refractivity contribution in [2.45, 2.75) is 5.60 Å². The number of benzene rings is 3. The number of hydrogen-bond donors (Lipinski definition) is 1. The average molecular weight is 582 g/mol. The molecule has 0 aliphatic carbocycles. The molecule has 0 amide bonds. The lowest BCUT2D eigenvalue weighted by atomic mass is 9.80. The molecule has 10 heteroatoms. The Kier molecular flexibility index (Phi) is 7.90. The molecule has 0 spiro atoms. The van der Waals surface area contributed by atoms with Crippen LogP contribution in [0.25, 0.3) is 0 Å². The first-order valence-electron chi connectivity index (χ1n) is 14.0. The van der Waals surface area contributed by atoms with Gasteiger partial charge in [0.05, 0.1) is 35.7 Å². The highest BCUT2D eigenvalue weighted by atomic mass is 16.3. The summed E-state index contributed by atoms with van der Waals surface area (Å²) >= 11 is 0. The molecule has 1 N–H and O–H groups in total. The zero-order chi connectivity index (χ0) is 30.5. The quantitative estimate of drug-likeness (QED) is 0.181. The standard InChI is InChI=1S/C34H31N9O/c1-41-19-16-35-31(41)22-38-28-10-4-25(5-11-28)34(44,26-6-12-29(13-7-26)39-23-32-36-17-20-42(32)2)27-8-14-30(15-9-27)40-24-33-37-18-21-43(33)3/h4-24,44H,1-3H3. The molecule has 3 heterocycles. The number of aliphatic hydroxyl groups is 1. The first-order valence-corrected chi connectivity index (χ1v) is 14.0. The maximum atomic E-state index is 12.5. The Morgan fingerprint density at radius 3 is 1.00 bits per heavy atom. The van der Waals surface area contributed by atoms with E-state index in [1.807, 2.05) is 126 Å². The SMILES string of the molecule is Cn1ccnc1C=Nc1ccc(C(O)(c2ccc(N=Cc3nccn3C)cc2)c2ccc(N=Cc3nccn3C)cc2)cc1. The van der Waals surface area contributed by atoms with Crippen molar-refractivity contribution in [2.24, 2.45) is 36.1 Å². The number of hydrogen-bond acceptors (Lipinski definition) is 7. The fourth-order valence-electron chi connectivity index (χ4n) is 4.77. The zero-order valence-electron chi connectivity index (χ0n) is 24.6. The van der Waals surface area contributed by atoms with Crippen molar-refractivity contribution in [3.8, 4) is 0 Å². The third-order valence-corrected chi connectivity index (χ3v) is 7.42. The number of imidazole rings is 3. The molecule has 0 aliphatic rings. The van der Waals surface area contributed by atoms with Crippen molar-refractivity contribution >= 4 is 35.7 Å². The van der Waals surface area contributed by atoms with E-state index in [1.54, 1.807) is 37.2 Å². The second-order valence-corrected chi connectivity index (χ2v) is 10.3. The zero-order valence-corrected chi connectivity index (χ0v) is 24.6. The number of nitrogens with zero attached hydrogens (tertiary/aromatic N) is 9. The van der Waals surface area contributed by atoms with E-state index in [1.165, 1.54) is 0 Å². The Morgan fingerprint density at radius 2 is 0.773 bits per heavy atom. The molecule has 0 atom stereocenters. The second-order valence-electron chi connectivity index (χ2n) is 10.3. The predicted octanol–water partition coefficient (Wildman–Crippen LogP) is 5.42. The van der Waals surface area contributed by atoms with E-state index in [2.05, 4.69) is 29.9 Å². The van der Waals surface area contributed by atoms with Crippen molar-refractivity contribution in [2.75, 3.05) is 0 Å². The molecule has 3 aromatic heterocycles. The summed E-state index contributed by atoms with van der Waals surface area (Å²) in [7, 11) is 5.76. The molecule has 6 rings (SSSR count). The second kappa shape index (κ2) is 12.2. The van der Waals surface area contributed by atoms with E-state index in [9.17, 15) is 5.11 Å². The van der Waals surface area contributed by atoms with Crippen LogP contribution in [0.5, 0.6) is 0 Å². The molecular formula is C34H31N9O. The van der Waals surface area contributed by atoms with Gasteiger partial charge in [0.15, 0.2) is 17.5 Å². The van der Waals surface area contributed by atoms with Gasteiger partial charge in [-0.05, 0) is 53.1 Å². The Bertz CT molecular complexity index is 1720. The lowest BCUT2D eigenvalue weighted by molar-refractivity contribution is 0.126. The molecule has 0 radical (unpaired) electrons. The van der Waals surface area contributed by atoms with Crippen LogP contribution in [0.2, 0.25) is 0 Å². The van der Waals surface area contributed by atoms with Gasteiger partial charge in [0, 0.05) is 58.3 Å². The Hall–Kier alpha value is -5.74. The van der Waals surface area contributed by atoms with Gasteiger partial charge in [0.25, 0.3) is 0 Å². The van der Waals surface area contributed by atoms with E-state index in [-0.39, 0.29) is 0 Å². The molecule has 0 unspecified atom stereocenters. The van der Waals surface area contributed by atoms with Gasteiger partial charge >= 0.3 is 0 Å². The minimum atomic E-state index is -1.45. The fraction of sp³-hybridized carbons (Fsp3) is 0.118. The van der Waals surface area contributed by atoms with Gasteiger partial charge in [0.2, 0.25) is 0 Å². The van der Waals surface area contributed by atoms with E-state index >= 15 is 0 Å². The van der Waals surface area contributed by atoms with Gasteiger partial charge in [-0.15, -0.1) is 0 Å². The summed E-state index contributed by atoms with van der Waals surface area (Å²) in [5.41, 5.74) is 2.88. The topological polar surface area (TPSA) is 111 Å². The molecule has 10 nitrogen and oxygen atoms in total. The van der Waals surface area contributed by atoms with E-state index in [0.29, 0.717) is 16.7 Å². The molecule has 3 aromatic carbocycles. The normalized spacial score (nSPS) is 13.4. The summed E-state index contributed by atoms with van der Waals surface area (Å²) in [6.07, 6.45) is 16.0. The van der Waals surface area contributed by atoms with Gasteiger partial charge < -0.3 is 18.8 Å². The highest BCUT2D eigenvalue weighted by Gasteiger charge is 2.34. The van der Waals surface area contributed by atoms with Gasteiger partial charge in [-0.25, -0.2) is 15.0 Å². The van der Waals surface area contributed by atoms with Crippen LogP contribution >= 0.6 is 0 Å². The van der Waals surface area contributed by atoms with E-state index in [0.717, 1.165) is 34.5 Å². The molecule has 44 heavy (non-hydrogen) atoms. The largest absolute Gasteiger partial charge is 0.376 e. The van der Waals surface area contributed by atoms with E-state index < -0.39 is 5.60 Å². The summed E-state index contributed by atoms with van der Waals surface area (Å²) < 4.78 is 5.68. The monoisotopic (exact) mass is 581 g/mol. The van der Waals surface area contributed by atoms with Gasteiger partial charge in [-0.1, -0.05) is 36.4 Å². The van der Waals surface area contributed by atoms with Crippen molar-refractivity contribution in [3.63, 3.8) is 0 Å². The number of aryl methyl sites for hydroxylation is 3. The lowest BCUT2D eigenvalue weighted by Gasteiger charge is -2.30. The van der Waals surface area contributed by atoms with Crippen molar-refractivity contribution in [1.82, 2.24) is 28.7 Å². The Balaban J connectivity index is 1.33. The smallest absolute Gasteiger partial charge is 0.150 e. The first-order chi connectivity index (χ1) is 21.4. The average Bonchev–Trinajstić information content (AvgIpc) is 3.79. The molecule has 0 aliphatic heterocycles. The van der Waals surface area contributed by atoms with Gasteiger partial charge in [-0.3, -0.25) is 15.0 Å². The first kappa shape index (κ1) is 28.4. The van der Waals surface area contributed by atoms with E-state index in [4.69, 9.17) is 0 Å². The summed E-state index contributed by atoms with van der Waals surface area (Å²) in [4.78, 5) is 26.6. The van der Waals surface area contributed by atoms with Crippen LogP contribution in [0, 0.1) is 0 Å². The molecule has 6 aromatic rings. The van der Waals surface area contributed by atoms with Crippen LogP contribution in [0.1, 0.15) is 34.2 Å². The Labute approximate surface area is 255 Å². The van der Waals surface area contributed by atoms with Crippen LogP contribution in [0.15, 0.2) is 125 Å². The fourth-order valence-corrected chi connectivity index (χ4v) is 4.77. The van der Waals surface area contributed by atoms with Gasteiger partial charge in [-0.2, -0.15) is 0 Å². The Morgan fingerprint density at radius 1 is 0.500 bits per heavy atom. The predicted molar refractivity (Wildman–Crippen MR) is 173 cm³/mol. The maximum absolute atomic E-state index is 12.5. The maximum Gasteiger partial charge on any atom is 0.150 e. The summed E-state index contributed by atoms with van der Waals surface area (Å²) in [6.45, 7) is 0. The van der Waals surface area contributed by atoms with Crippen LogP contribution in [-0.4, -0.2) is 52.4 Å². The van der Waals surface area contributed by atoms with Crippen LogP contribution in [0.4, 0.5) is 17.1 Å².